The van der Waals surface area contributed by atoms with Crippen molar-refractivity contribution in [3.63, 3.8) is 0 Å². The fourth-order valence-corrected chi connectivity index (χ4v) is 4.27. The number of nitrogens with two attached hydrogens (primary N) is 1. The van der Waals surface area contributed by atoms with Gasteiger partial charge in [-0.15, -0.1) is 4.91 Å². The minimum atomic E-state index is -0.954. The first kappa shape index (κ1) is 23.3. The summed E-state index contributed by atoms with van der Waals surface area (Å²) in [5, 5.41) is 5.16. The van der Waals surface area contributed by atoms with Gasteiger partial charge in [0.2, 0.25) is 5.95 Å². The summed E-state index contributed by atoms with van der Waals surface area (Å²) in [6.45, 7) is 4.25. The van der Waals surface area contributed by atoms with Gasteiger partial charge in [0.25, 0.3) is 0 Å². The Morgan fingerprint density at radius 3 is 2.53 bits per heavy atom. The van der Waals surface area contributed by atoms with Crippen LogP contribution in [-0.4, -0.2) is 58.7 Å². The molecule has 12 nitrogen and oxygen atoms in total. The van der Waals surface area contributed by atoms with Gasteiger partial charge in [0.15, 0.2) is 5.82 Å². The van der Waals surface area contributed by atoms with Crippen molar-refractivity contribution >= 4 is 23.4 Å². The maximum Gasteiger partial charge on any atom is 0.313 e. The molecule has 1 aromatic carbocycles. The van der Waals surface area contributed by atoms with Crippen molar-refractivity contribution in [2.24, 2.45) is 10.9 Å². The third-order valence-electron chi connectivity index (χ3n) is 5.99. The van der Waals surface area contributed by atoms with Gasteiger partial charge < -0.3 is 25.6 Å². The van der Waals surface area contributed by atoms with E-state index in [0.717, 1.165) is 54.8 Å². The monoisotopic (exact) mass is 487 g/mol. The molecule has 2 aromatic heterocycles. The molecule has 184 valence electrons. The zero-order chi connectivity index (χ0) is 24.9. The van der Waals surface area contributed by atoms with Gasteiger partial charge in [0, 0.05) is 60.1 Å². The molecule has 0 spiro atoms. The SMILES string of the molecule is N/C(=C\C(=O)N=O)Nc1ccc(-c2nc3c(c(N4CCOCC4)n2)CCN(c2ncccn2)C3)cc1. The Morgan fingerprint density at radius 1 is 1.06 bits per heavy atom. The summed E-state index contributed by atoms with van der Waals surface area (Å²) >= 11 is 0. The largest absolute Gasteiger partial charge is 0.385 e. The van der Waals surface area contributed by atoms with E-state index < -0.39 is 5.91 Å². The molecule has 1 amide bonds. The van der Waals surface area contributed by atoms with Crippen LogP contribution in [0.15, 0.2) is 59.8 Å². The summed E-state index contributed by atoms with van der Waals surface area (Å²) in [4.78, 5) is 44.5. The molecule has 0 saturated carbocycles. The first-order chi connectivity index (χ1) is 17.6. The van der Waals surface area contributed by atoms with Gasteiger partial charge in [0.05, 0.1) is 25.5 Å². The van der Waals surface area contributed by atoms with E-state index in [2.05, 4.69) is 30.3 Å². The van der Waals surface area contributed by atoms with E-state index in [9.17, 15) is 9.70 Å². The summed E-state index contributed by atoms with van der Waals surface area (Å²) < 4.78 is 5.56. The molecular weight excluding hydrogens is 462 g/mol. The van der Waals surface area contributed by atoms with Gasteiger partial charge in [0.1, 0.15) is 11.6 Å². The highest BCUT2D eigenvalue weighted by molar-refractivity contribution is 5.89. The van der Waals surface area contributed by atoms with Crippen LogP contribution in [0.1, 0.15) is 11.3 Å². The standard InChI is InChI=1S/C24H25N9O3/c25-20(14-21(34)31-35)28-17-4-2-16(3-5-17)22-29-19-15-33(24-26-7-1-8-27-24)9-6-18(19)23(30-22)32-10-12-36-13-11-32/h1-5,7-8,14,28H,6,9-13,15,25H2/b20-14+. The van der Waals surface area contributed by atoms with Gasteiger partial charge in [-0.1, -0.05) is 0 Å². The maximum absolute atomic E-state index is 11.1. The number of anilines is 3. The number of rotatable bonds is 6. The highest BCUT2D eigenvalue weighted by atomic mass is 16.5. The fraction of sp³-hybridized carbons (Fsp3) is 0.292. The molecular formula is C24H25N9O3. The molecule has 0 radical (unpaired) electrons. The molecule has 0 aliphatic carbocycles. The number of amides is 1. The van der Waals surface area contributed by atoms with Crippen LogP contribution in [0.5, 0.6) is 0 Å². The van der Waals surface area contributed by atoms with Crippen LogP contribution in [0.2, 0.25) is 0 Å². The predicted molar refractivity (Wildman–Crippen MR) is 134 cm³/mol. The zero-order valence-corrected chi connectivity index (χ0v) is 19.5. The van der Waals surface area contributed by atoms with E-state index in [4.69, 9.17) is 20.4 Å². The molecule has 3 aromatic rings. The minimum Gasteiger partial charge on any atom is -0.385 e. The first-order valence-corrected chi connectivity index (χ1v) is 11.6. The zero-order valence-electron chi connectivity index (χ0n) is 19.5. The second-order valence-corrected chi connectivity index (χ2v) is 8.35. The van der Waals surface area contributed by atoms with Crippen molar-refractivity contribution in [3.8, 4) is 11.4 Å². The van der Waals surface area contributed by atoms with Crippen LogP contribution in [0.4, 0.5) is 17.5 Å². The number of nitroso groups, excluding NO2 is 1. The Labute approximate surface area is 207 Å². The Balaban J connectivity index is 1.46. The Hall–Kier alpha value is -4.45. The maximum atomic E-state index is 11.1. The summed E-state index contributed by atoms with van der Waals surface area (Å²) in [7, 11) is 0. The molecule has 4 heterocycles. The van der Waals surface area contributed by atoms with E-state index in [-0.39, 0.29) is 5.82 Å². The number of hydrogen-bond acceptors (Lipinski definition) is 11. The highest BCUT2D eigenvalue weighted by Gasteiger charge is 2.27. The van der Waals surface area contributed by atoms with E-state index in [0.29, 0.717) is 37.2 Å². The lowest BCUT2D eigenvalue weighted by molar-refractivity contribution is -0.113. The van der Waals surface area contributed by atoms with Crippen LogP contribution in [0.3, 0.4) is 0 Å². The van der Waals surface area contributed by atoms with Crippen LogP contribution < -0.4 is 20.9 Å². The van der Waals surface area contributed by atoms with Crippen molar-refractivity contribution in [1.82, 2.24) is 19.9 Å². The fourth-order valence-electron chi connectivity index (χ4n) is 4.27. The number of morpholine rings is 1. The molecule has 1 saturated heterocycles. The molecule has 0 unspecified atom stereocenters. The summed E-state index contributed by atoms with van der Waals surface area (Å²) in [5.41, 5.74) is 9.33. The summed E-state index contributed by atoms with van der Waals surface area (Å²) in [6, 6.07) is 9.16. The number of aromatic nitrogens is 4. The number of hydrogen-bond donors (Lipinski definition) is 2. The lowest BCUT2D eigenvalue weighted by Gasteiger charge is -2.34. The van der Waals surface area contributed by atoms with Crippen molar-refractivity contribution in [1.29, 1.82) is 0 Å². The van der Waals surface area contributed by atoms with E-state index in [1.54, 1.807) is 30.6 Å². The highest BCUT2D eigenvalue weighted by Crippen LogP contribution is 2.31. The normalized spacial score (nSPS) is 15.8. The number of fused-ring (bicyclic) bond motifs is 1. The molecule has 12 heteroatoms. The number of ether oxygens (including phenoxy) is 1. The molecule has 2 aliphatic heterocycles. The lowest BCUT2D eigenvalue weighted by atomic mass is 10.0. The number of nitrogens with one attached hydrogen (secondary N) is 1. The van der Waals surface area contributed by atoms with Crippen molar-refractivity contribution < 1.29 is 9.53 Å². The smallest absolute Gasteiger partial charge is 0.313 e. The second-order valence-electron chi connectivity index (χ2n) is 8.35. The molecule has 2 aliphatic rings. The minimum absolute atomic E-state index is 0.0233. The molecule has 1 fully saturated rings. The molecule has 5 rings (SSSR count). The van der Waals surface area contributed by atoms with E-state index in [1.165, 1.54) is 0 Å². The van der Waals surface area contributed by atoms with Crippen LogP contribution in [0, 0.1) is 4.91 Å². The predicted octanol–water partition coefficient (Wildman–Crippen LogP) is 1.84. The summed E-state index contributed by atoms with van der Waals surface area (Å²) in [5.74, 6) is 1.31. The number of nitrogens with zero attached hydrogens (tertiary/aromatic N) is 7. The average molecular weight is 488 g/mol. The molecule has 0 atom stereocenters. The molecule has 36 heavy (non-hydrogen) atoms. The Morgan fingerprint density at radius 2 is 1.81 bits per heavy atom. The van der Waals surface area contributed by atoms with Crippen molar-refractivity contribution in [2.45, 2.75) is 13.0 Å². The van der Waals surface area contributed by atoms with Crippen molar-refractivity contribution in [2.75, 3.05) is 48.0 Å². The third-order valence-corrected chi connectivity index (χ3v) is 5.99. The van der Waals surface area contributed by atoms with Crippen molar-refractivity contribution in [3.05, 3.63) is 70.8 Å². The third kappa shape index (κ3) is 5.13. The Kier molecular flexibility index (Phi) is 6.76. The quantitative estimate of drug-likeness (QED) is 0.387. The number of carbonyl (C=O) groups excluding carboxylic acids is 1. The topological polar surface area (TPSA) is 152 Å². The van der Waals surface area contributed by atoms with Gasteiger partial charge >= 0.3 is 5.91 Å². The van der Waals surface area contributed by atoms with Crippen LogP contribution in [0.25, 0.3) is 11.4 Å². The first-order valence-electron chi connectivity index (χ1n) is 11.6. The average Bonchev–Trinajstić information content (AvgIpc) is 2.93. The van der Waals surface area contributed by atoms with Gasteiger partial charge in [-0.2, -0.15) is 0 Å². The molecule has 0 bridgehead atoms. The Bertz CT molecular complexity index is 1280. The number of benzene rings is 1. The van der Waals surface area contributed by atoms with E-state index in [1.807, 2.05) is 12.1 Å². The van der Waals surface area contributed by atoms with Gasteiger partial charge in [-0.05, 0) is 36.8 Å². The van der Waals surface area contributed by atoms with Crippen LogP contribution >= 0.6 is 0 Å². The summed E-state index contributed by atoms with van der Waals surface area (Å²) in [6.07, 6.45) is 5.21. The van der Waals surface area contributed by atoms with Crippen LogP contribution in [-0.2, 0) is 22.5 Å². The lowest BCUT2D eigenvalue weighted by Crippen LogP contribution is -2.39. The second kappa shape index (κ2) is 10.4. The van der Waals surface area contributed by atoms with E-state index >= 15 is 0 Å². The van der Waals surface area contributed by atoms with Gasteiger partial charge in [-0.25, -0.2) is 19.9 Å². The number of carbonyl (C=O) groups is 1. The molecule has 3 N–H and O–H groups in total. The van der Waals surface area contributed by atoms with Gasteiger partial charge in [-0.3, -0.25) is 4.79 Å².